The van der Waals surface area contributed by atoms with Gasteiger partial charge in [0.25, 0.3) is 0 Å². The molecule has 8 heteroatoms. The molecule has 0 bridgehead atoms. The topological polar surface area (TPSA) is 75.3 Å². The molecule has 0 saturated heterocycles. The lowest BCUT2D eigenvalue weighted by molar-refractivity contribution is -0.140. The van der Waals surface area contributed by atoms with E-state index in [2.05, 4.69) is 6.92 Å². The predicted molar refractivity (Wildman–Crippen MR) is 125 cm³/mol. The van der Waals surface area contributed by atoms with Gasteiger partial charge in [-0.1, -0.05) is 24.6 Å². The van der Waals surface area contributed by atoms with Crippen LogP contribution in [0.3, 0.4) is 0 Å². The van der Waals surface area contributed by atoms with Crippen molar-refractivity contribution in [3.8, 4) is 11.3 Å². The van der Waals surface area contributed by atoms with Crippen LogP contribution in [0.2, 0.25) is 5.02 Å². The Morgan fingerprint density at radius 1 is 1.12 bits per heavy atom. The van der Waals surface area contributed by atoms with Gasteiger partial charge in [-0.15, -0.1) is 0 Å². The fourth-order valence-corrected chi connectivity index (χ4v) is 4.55. The zero-order valence-electron chi connectivity index (χ0n) is 19.5. The summed E-state index contributed by atoms with van der Waals surface area (Å²) in [6.45, 7) is 9.39. The van der Waals surface area contributed by atoms with Crippen LogP contribution in [-0.4, -0.2) is 40.5 Å². The zero-order valence-corrected chi connectivity index (χ0v) is 20.3. The third-order valence-corrected chi connectivity index (χ3v) is 6.19. The van der Waals surface area contributed by atoms with Gasteiger partial charge in [-0.25, -0.2) is 4.79 Å². The molecule has 0 spiro atoms. The number of esters is 2. The third-order valence-electron chi connectivity index (χ3n) is 5.88. The average Bonchev–Trinajstić information content (AvgIpc) is 3.25. The summed E-state index contributed by atoms with van der Waals surface area (Å²) in [5.74, 6) is -0.778. The molecule has 3 aromatic rings. The second-order valence-electron chi connectivity index (χ2n) is 7.74. The van der Waals surface area contributed by atoms with Crippen molar-refractivity contribution in [2.45, 2.75) is 60.0 Å². The molecule has 3 rings (SSSR count). The van der Waals surface area contributed by atoms with Gasteiger partial charge in [0.15, 0.2) is 0 Å². The van der Waals surface area contributed by atoms with E-state index in [1.165, 1.54) is 14.2 Å². The van der Waals surface area contributed by atoms with Crippen molar-refractivity contribution in [3.63, 3.8) is 0 Å². The van der Waals surface area contributed by atoms with E-state index in [-0.39, 0.29) is 12.4 Å². The molecule has 0 radical (unpaired) electrons. The Hall–Kier alpha value is -2.80. The lowest BCUT2D eigenvalue weighted by Crippen LogP contribution is -2.13. The molecule has 0 unspecified atom stereocenters. The van der Waals surface area contributed by atoms with Crippen LogP contribution in [0.4, 0.5) is 0 Å². The van der Waals surface area contributed by atoms with Crippen LogP contribution >= 0.6 is 11.6 Å². The zero-order chi connectivity index (χ0) is 23.6. The lowest BCUT2D eigenvalue weighted by Gasteiger charge is -2.14. The van der Waals surface area contributed by atoms with E-state index < -0.39 is 5.97 Å². The first kappa shape index (κ1) is 23.9. The van der Waals surface area contributed by atoms with Crippen molar-refractivity contribution in [3.05, 3.63) is 39.7 Å². The van der Waals surface area contributed by atoms with E-state index in [0.717, 1.165) is 51.9 Å². The molecule has 0 aliphatic heterocycles. The highest BCUT2D eigenvalue weighted by Crippen LogP contribution is 2.41. The molecule has 1 aromatic carbocycles. The average molecular weight is 460 g/mol. The first-order chi connectivity index (χ1) is 15.3. The molecular formula is C24H30ClN3O4. The van der Waals surface area contributed by atoms with Crippen LogP contribution < -0.4 is 0 Å². The second kappa shape index (κ2) is 9.77. The number of hydrogen-bond donors (Lipinski definition) is 0. The fraction of sp³-hybridized carbons (Fsp3) is 0.458. The maximum absolute atomic E-state index is 12.9. The van der Waals surface area contributed by atoms with Gasteiger partial charge in [0.1, 0.15) is 5.69 Å². The third kappa shape index (κ3) is 4.01. The van der Waals surface area contributed by atoms with E-state index in [0.29, 0.717) is 23.7 Å². The molecular weight excluding hydrogens is 430 g/mol. The minimum atomic E-state index is -0.444. The highest BCUT2D eigenvalue weighted by Gasteiger charge is 2.28. The molecule has 172 valence electrons. The number of fused-ring (bicyclic) bond motifs is 1. The van der Waals surface area contributed by atoms with Crippen molar-refractivity contribution in [2.24, 2.45) is 0 Å². The van der Waals surface area contributed by atoms with Crippen LogP contribution in [0.1, 0.15) is 54.0 Å². The highest BCUT2D eigenvalue weighted by molar-refractivity contribution is 6.35. The molecule has 0 amide bonds. The van der Waals surface area contributed by atoms with Gasteiger partial charge in [0, 0.05) is 30.5 Å². The van der Waals surface area contributed by atoms with Crippen molar-refractivity contribution in [1.29, 1.82) is 0 Å². The number of methoxy groups -OCH3 is 2. The summed E-state index contributed by atoms with van der Waals surface area (Å²) in [5.41, 5.74) is 5.82. The van der Waals surface area contributed by atoms with Gasteiger partial charge in [-0.2, -0.15) is 5.10 Å². The lowest BCUT2D eigenvalue weighted by atomic mass is 10.00. The Kier molecular flexibility index (Phi) is 7.29. The van der Waals surface area contributed by atoms with Crippen LogP contribution in [-0.2, 0) is 33.8 Å². The SMILES string of the molecule is CCCn1nc(C)c(C)c1-c1c(Cl)ccc2c(CCC(=O)OC)c(C(=O)OC)n(CC)c12. The number of rotatable bonds is 8. The Labute approximate surface area is 193 Å². The minimum absolute atomic E-state index is 0.160. The number of aryl methyl sites for hydroxylation is 4. The molecule has 0 atom stereocenters. The van der Waals surface area contributed by atoms with Gasteiger partial charge in [0.05, 0.1) is 36.1 Å². The number of hydrogen-bond acceptors (Lipinski definition) is 5. The van der Waals surface area contributed by atoms with Crippen molar-refractivity contribution < 1.29 is 19.1 Å². The van der Waals surface area contributed by atoms with Crippen molar-refractivity contribution >= 4 is 34.4 Å². The number of ether oxygens (including phenoxy) is 2. The minimum Gasteiger partial charge on any atom is -0.469 e. The summed E-state index contributed by atoms with van der Waals surface area (Å²) < 4.78 is 13.9. The van der Waals surface area contributed by atoms with Crippen LogP contribution in [0.25, 0.3) is 22.2 Å². The monoisotopic (exact) mass is 459 g/mol. The van der Waals surface area contributed by atoms with Crippen LogP contribution in [0.5, 0.6) is 0 Å². The Bertz CT molecular complexity index is 1180. The summed E-state index contributed by atoms with van der Waals surface area (Å²) >= 11 is 6.80. The van der Waals surface area contributed by atoms with Crippen LogP contribution in [0.15, 0.2) is 12.1 Å². The molecule has 2 heterocycles. The molecule has 0 aliphatic rings. The van der Waals surface area contributed by atoms with E-state index in [1.807, 2.05) is 42.2 Å². The largest absolute Gasteiger partial charge is 0.469 e. The number of aromatic nitrogens is 3. The van der Waals surface area contributed by atoms with Gasteiger partial charge >= 0.3 is 11.9 Å². The maximum Gasteiger partial charge on any atom is 0.354 e. The van der Waals surface area contributed by atoms with Gasteiger partial charge in [-0.3, -0.25) is 9.48 Å². The number of carbonyl (C=O) groups excluding carboxylic acids is 2. The molecule has 32 heavy (non-hydrogen) atoms. The number of benzene rings is 1. The fourth-order valence-electron chi connectivity index (χ4n) is 4.31. The van der Waals surface area contributed by atoms with E-state index >= 15 is 0 Å². The quantitative estimate of drug-likeness (QED) is 0.438. The van der Waals surface area contributed by atoms with Gasteiger partial charge in [0.2, 0.25) is 0 Å². The predicted octanol–water partition coefficient (Wildman–Crippen LogP) is 5.10. The van der Waals surface area contributed by atoms with Crippen molar-refractivity contribution in [2.75, 3.05) is 14.2 Å². The standard InChI is InChI=1S/C24H30ClN3O4/c1-7-13-28-21(14(3)15(4)26-28)20-18(25)11-9-16-17(10-12-19(29)31-5)23(24(30)32-6)27(8-2)22(16)20/h9,11H,7-8,10,12-13H2,1-6H3. The molecule has 2 aromatic heterocycles. The Morgan fingerprint density at radius 3 is 2.44 bits per heavy atom. The Morgan fingerprint density at radius 2 is 1.84 bits per heavy atom. The second-order valence-corrected chi connectivity index (χ2v) is 8.15. The normalized spacial score (nSPS) is 11.2. The summed E-state index contributed by atoms with van der Waals surface area (Å²) in [4.78, 5) is 24.7. The molecule has 0 N–H and O–H groups in total. The first-order valence-electron chi connectivity index (χ1n) is 10.8. The van der Waals surface area contributed by atoms with E-state index in [4.69, 9.17) is 26.2 Å². The molecule has 0 fully saturated rings. The van der Waals surface area contributed by atoms with Crippen LogP contribution in [0, 0.1) is 13.8 Å². The maximum atomic E-state index is 12.9. The summed E-state index contributed by atoms with van der Waals surface area (Å²) in [5, 5.41) is 6.18. The summed E-state index contributed by atoms with van der Waals surface area (Å²) in [7, 11) is 2.72. The smallest absolute Gasteiger partial charge is 0.354 e. The molecule has 0 aliphatic carbocycles. The van der Waals surface area contributed by atoms with Gasteiger partial charge in [-0.05, 0) is 50.8 Å². The first-order valence-corrected chi connectivity index (χ1v) is 11.2. The summed E-state index contributed by atoms with van der Waals surface area (Å²) in [6, 6.07) is 3.76. The number of nitrogens with zero attached hydrogens (tertiary/aromatic N) is 3. The molecule has 7 nitrogen and oxygen atoms in total. The summed E-state index contributed by atoms with van der Waals surface area (Å²) in [6.07, 6.45) is 1.44. The number of halogens is 1. The number of carbonyl (C=O) groups is 2. The van der Waals surface area contributed by atoms with Gasteiger partial charge < -0.3 is 14.0 Å². The van der Waals surface area contributed by atoms with E-state index in [1.54, 1.807) is 0 Å². The van der Waals surface area contributed by atoms with Crippen molar-refractivity contribution in [1.82, 2.24) is 14.3 Å². The Balaban J connectivity index is 2.43. The van der Waals surface area contributed by atoms with E-state index in [9.17, 15) is 9.59 Å². The highest BCUT2D eigenvalue weighted by atomic mass is 35.5. The molecule has 0 saturated carbocycles.